The van der Waals surface area contributed by atoms with Crippen molar-refractivity contribution in [3.8, 4) is 0 Å². The van der Waals surface area contributed by atoms with Crippen LogP contribution >= 0.6 is 0 Å². The zero-order valence-corrected chi connectivity index (χ0v) is 9.88. The van der Waals surface area contributed by atoms with E-state index in [0.717, 1.165) is 6.54 Å². The molecule has 0 spiro atoms. The van der Waals surface area contributed by atoms with E-state index in [1.54, 1.807) is 24.0 Å². The first-order valence-electron chi connectivity index (χ1n) is 5.49. The van der Waals surface area contributed by atoms with Crippen LogP contribution in [0.1, 0.15) is 11.1 Å². The van der Waals surface area contributed by atoms with Gasteiger partial charge in [0.15, 0.2) is 0 Å². The number of hydrogen-bond donors (Lipinski definition) is 0. The molecule has 0 aromatic heterocycles. The average Bonchev–Trinajstić information content (AvgIpc) is 2.63. The number of alkyl halides is 3. The second-order valence-corrected chi connectivity index (χ2v) is 4.50. The second kappa shape index (κ2) is 4.22. The molecule has 0 N–H and O–H groups in total. The summed E-state index contributed by atoms with van der Waals surface area (Å²) < 4.78 is 38.8. The molecular formula is C12H15F3N2. The van der Waals surface area contributed by atoms with Crippen LogP contribution in [0.4, 0.5) is 18.9 Å². The lowest BCUT2D eigenvalue weighted by Gasteiger charge is -2.23. The third-order valence-corrected chi connectivity index (χ3v) is 2.96. The molecule has 0 aliphatic carbocycles. The molecule has 1 aromatic carbocycles. The van der Waals surface area contributed by atoms with E-state index in [-0.39, 0.29) is 5.69 Å². The molecule has 2 nitrogen and oxygen atoms in total. The predicted molar refractivity (Wildman–Crippen MR) is 61.0 cm³/mol. The molecule has 1 aliphatic heterocycles. The van der Waals surface area contributed by atoms with Crippen molar-refractivity contribution in [2.24, 2.45) is 0 Å². The molecule has 1 heterocycles. The predicted octanol–water partition coefficient (Wildman–Crippen LogP) is 2.72. The van der Waals surface area contributed by atoms with Crippen LogP contribution in [0.25, 0.3) is 0 Å². The number of likely N-dealkylation sites (N-methyl/N-ethyl adjacent to an activating group) is 1. The topological polar surface area (TPSA) is 6.48 Å². The fourth-order valence-electron chi connectivity index (χ4n) is 2.07. The van der Waals surface area contributed by atoms with E-state index in [1.165, 1.54) is 6.07 Å². The summed E-state index contributed by atoms with van der Waals surface area (Å²) in [6, 6.07) is 4.51. The maximum atomic E-state index is 12.9. The van der Waals surface area contributed by atoms with Crippen LogP contribution in [-0.2, 0) is 6.18 Å². The Bertz CT molecular complexity index is 415. The molecule has 5 heteroatoms. The molecule has 0 bridgehead atoms. The van der Waals surface area contributed by atoms with Crippen molar-refractivity contribution in [1.82, 2.24) is 4.90 Å². The van der Waals surface area contributed by atoms with Crippen molar-refractivity contribution in [3.05, 3.63) is 29.3 Å². The van der Waals surface area contributed by atoms with E-state index in [1.807, 2.05) is 11.9 Å². The van der Waals surface area contributed by atoms with Gasteiger partial charge in [-0.25, -0.2) is 0 Å². The summed E-state index contributed by atoms with van der Waals surface area (Å²) in [5.41, 5.74) is 0.383. The summed E-state index contributed by atoms with van der Waals surface area (Å²) in [6.45, 7) is 3.66. The van der Waals surface area contributed by atoms with Gasteiger partial charge in [-0.2, -0.15) is 13.2 Å². The molecular weight excluding hydrogens is 229 g/mol. The molecule has 0 atom stereocenters. The highest BCUT2D eigenvalue weighted by molar-refractivity contribution is 5.56. The van der Waals surface area contributed by atoms with Crippen molar-refractivity contribution in [2.75, 3.05) is 31.7 Å². The SMILES string of the molecule is Cc1ccc(N2CCN(C)C2)c(C(F)(F)F)c1. The van der Waals surface area contributed by atoms with Crippen LogP contribution in [0.3, 0.4) is 0 Å². The van der Waals surface area contributed by atoms with Crippen LogP contribution in [0.5, 0.6) is 0 Å². The lowest BCUT2D eigenvalue weighted by atomic mass is 10.1. The van der Waals surface area contributed by atoms with Gasteiger partial charge in [0.1, 0.15) is 0 Å². The smallest absolute Gasteiger partial charge is 0.357 e. The van der Waals surface area contributed by atoms with Crippen LogP contribution in [0.2, 0.25) is 0 Å². The van der Waals surface area contributed by atoms with Gasteiger partial charge < -0.3 is 4.90 Å². The van der Waals surface area contributed by atoms with Gasteiger partial charge in [0.25, 0.3) is 0 Å². The molecule has 0 saturated carbocycles. The van der Waals surface area contributed by atoms with E-state index in [4.69, 9.17) is 0 Å². The maximum Gasteiger partial charge on any atom is 0.418 e. The first-order chi connectivity index (χ1) is 7.88. The van der Waals surface area contributed by atoms with Gasteiger partial charge in [0.2, 0.25) is 0 Å². The minimum absolute atomic E-state index is 0.285. The van der Waals surface area contributed by atoms with Gasteiger partial charge in [-0.1, -0.05) is 11.6 Å². The molecule has 1 aliphatic rings. The Kier molecular flexibility index (Phi) is 3.03. The van der Waals surface area contributed by atoms with Gasteiger partial charge in [0, 0.05) is 13.1 Å². The molecule has 0 unspecified atom stereocenters. The quantitative estimate of drug-likeness (QED) is 0.749. The van der Waals surface area contributed by atoms with Gasteiger partial charge in [-0.05, 0) is 26.1 Å². The number of halogens is 3. The van der Waals surface area contributed by atoms with E-state index >= 15 is 0 Å². The summed E-state index contributed by atoms with van der Waals surface area (Å²) in [7, 11) is 1.90. The largest absolute Gasteiger partial charge is 0.418 e. The molecule has 1 saturated heterocycles. The third kappa shape index (κ3) is 2.54. The molecule has 1 aromatic rings. The first-order valence-corrected chi connectivity index (χ1v) is 5.49. The minimum atomic E-state index is -4.29. The highest BCUT2D eigenvalue weighted by Crippen LogP contribution is 2.37. The lowest BCUT2D eigenvalue weighted by Crippen LogP contribution is -2.25. The zero-order chi connectivity index (χ0) is 12.6. The Morgan fingerprint density at radius 1 is 1.18 bits per heavy atom. The number of aryl methyl sites for hydroxylation is 1. The maximum absolute atomic E-state index is 12.9. The van der Waals surface area contributed by atoms with E-state index in [2.05, 4.69) is 0 Å². The van der Waals surface area contributed by atoms with Crippen molar-refractivity contribution < 1.29 is 13.2 Å². The highest BCUT2D eigenvalue weighted by Gasteiger charge is 2.35. The number of anilines is 1. The molecule has 1 fully saturated rings. The summed E-state index contributed by atoms with van der Waals surface area (Å²) >= 11 is 0. The Balaban J connectivity index is 2.39. The van der Waals surface area contributed by atoms with E-state index in [9.17, 15) is 13.2 Å². The Morgan fingerprint density at radius 2 is 1.88 bits per heavy atom. The fourth-order valence-corrected chi connectivity index (χ4v) is 2.07. The molecule has 0 amide bonds. The van der Waals surface area contributed by atoms with E-state index < -0.39 is 11.7 Å². The lowest BCUT2D eigenvalue weighted by molar-refractivity contribution is -0.137. The average molecular weight is 244 g/mol. The molecule has 2 rings (SSSR count). The standard InChI is InChI=1S/C12H15F3N2/c1-9-3-4-11(10(7-9)12(13,14)15)17-6-5-16(2)8-17/h3-4,7H,5-6,8H2,1-2H3. The summed E-state index contributed by atoms with van der Waals surface area (Å²) in [5, 5.41) is 0. The number of nitrogens with zero attached hydrogens (tertiary/aromatic N) is 2. The summed E-state index contributed by atoms with van der Waals surface area (Å²) in [4.78, 5) is 3.77. The molecule has 0 radical (unpaired) electrons. The van der Waals surface area contributed by atoms with E-state index in [0.29, 0.717) is 18.8 Å². The van der Waals surface area contributed by atoms with Gasteiger partial charge in [-0.15, -0.1) is 0 Å². The Hall–Kier alpha value is -1.23. The number of rotatable bonds is 1. The molecule has 94 valence electrons. The van der Waals surface area contributed by atoms with Gasteiger partial charge >= 0.3 is 6.18 Å². The van der Waals surface area contributed by atoms with Crippen molar-refractivity contribution >= 4 is 5.69 Å². The number of benzene rings is 1. The fraction of sp³-hybridized carbons (Fsp3) is 0.500. The summed E-state index contributed by atoms with van der Waals surface area (Å²) in [5.74, 6) is 0. The van der Waals surface area contributed by atoms with Crippen molar-refractivity contribution in [1.29, 1.82) is 0 Å². The van der Waals surface area contributed by atoms with Crippen LogP contribution in [-0.4, -0.2) is 31.7 Å². The molecule has 17 heavy (non-hydrogen) atoms. The van der Waals surface area contributed by atoms with Crippen LogP contribution in [0.15, 0.2) is 18.2 Å². The highest BCUT2D eigenvalue weighted by atomic mass is 19.4. The van der Waals surface area contributed by atoms with Crippen LogP contribution < -0.4 is 4.90 Å². The monoisotopic (exact) mass is 244 g/mol. The number of hydrogen-bond acceptors (Lipinski definition) is 2. The van der Waals surface area contributed by atoms with Gasteiger partial charge in [-0.3, -0.25) is 4.90 Å². The van der Waals surface area contributed by atoms with Crippen molar-refractivity contribution in [2.45, 2.75) is 13.1 Å². The third-order valence-electron chi connectivity index (χ3n) is 2.96. The second-order valence-electron chi connectivity index (χ2n) is 4.50. The summed E-state index contributed by atoms with van der Waals surface area (Å²) in [6.07, 6.45) is -4.29. The van der Waals surface area contributed by atoms with Gasteiger partial charge in [0.05, 0.1) is 17.9 Å². The minimum Gasteiger partial charge on any atom is -0.357 e. The zero-order valence-electron chi connectivity index (χ0n) is 9.88. The van der Waals surface area contributed by atoms with Crippen molar-refractivity contribution in [3.63, 3.8) is 0 Å². The first kappa shape index (κ1) is 12.2. The normalized spacial score (nSPS) is 17.8. The Labute approximate surface area is 98.6 Å². The Morgan fingerprint density at radius 3 is 2.41 bits per heavy atom. The van der Waals surface area contributed by atoms with Crippen LogP contribution in [0, 0.1) is 6.92 Å².